The number of primary amides is 1. The number of nitrogens with zero attached hydrogens (tertiary/aromatic N) is 6. The Morgan fingerprint density at radius 1 is 1.04 bits per heavy atom. The van der Waals surface area contributed by atoms with Crippen molar-refractivity contribution in [3.05, 3.63) is 53.9 Å². The number of hydrogen-bond acceptors (Lipinski definition) is 17. The molecule has 9 atom stereocenters. The molecule has 0 saturated carbocycles. The topological polar surface area (TPSA) is 323 Å². The van der Waals surface area contributed by atoms with E-state index in [1.54, 1.807) is 28.7 Å². The van der Waals surface area contributed by atoms with E-state index in [1.165, 1.54) is 12.7 Å². The molecular formula is C31H42N10O11. The van der Waals surface area contributed by atoms with Gasteiger partial charge in [0.2, 0.25) is 5.91 Å². The summed E-state index contributed by atoms with van der Waals surface area (Å²) in [5.74, 6) is -0.602. The maximum atomic E-state index is 12.8. The molecular weight excluding hydrogens is 688 g/mol. The molecule has 2 saturated heterocycles. The third kappa shape index (κ3) is 7.61. The van der Waals surface area contributed by atoms with Gasteiger partial charge in [-0.05, 0) is 24.1 Å². The number of aromatic nitrogens is 6. The van der Waals surface area contributed by atoms with E-state index in [2.05, 4.69) is 30.5 Å². The Labute approximate surface area is 295 Å². The quantitative estimate of drug-likeness (QED) is 0.0718. The van der Waals surface area contributed by atoms with Crippen LogP contribution in [0, 0.1) is 0 Å². The average Bonchev–Trinajstić information content (AvgIpc) is 3.89. The van der Waals surface area contributed by atoms with Crippen molar-refractivity contribution in [2.45, 2.75) is 61.4 Å². The molecule has 2 fully saturated rings. The number of imidazole rings is 1. The van der Waals surface area contributed by atoms with Gasteiger partial charge in [-0.15, -0.1) is 0 Å². The van der Waals surface area contributed by atoms with Crippen LogP contribution < -0.4 is 26.4 Å². The van der Waals surface area contributed by atoms with Gasteiger partial charge < -0.3 is 66.5 Å². The molecule has 2 aliphatic heterocycles. The molecule has 0 unspecified atom stereocenters. The number of nitrogens with two attached hydrogens (primary N) is 2. The van der Waals surface area contributed by atoms with E-state index in [1.807, 2.05) is 26.2 Å². The summed E-state index contributed by atoms with van der Waals surface area (Å²) in [4.78, 5) is 38.4. The predicted molar refractivity (Wildman–Crippen MR) is 179 cm³/mol. The largest absolute Gasteiger partial charge is 0.504 e. The molecule has 282 valence electrons. The number of carbonyl (C=O) groups is 2. The number of amides is 2. The number of fused-ring (bicyclic) bond motifs is 1. The number of aromatic hydroxyl groups is 1. The van der Waals surface area contributed by atoms with Gasteiger partial charge in [0.25, 0.3) is 5.91 Å². The third-order valence-corrected chi connectivity index (χ3v) is 8.68. The van der Waals surface area contributed by atoms with E-state index in [0.29, 0.717) is 29.2 Å². The Balaban J connectivity index is 0.000000244. The summed E-state index contributed by atoms with van der Waals surface area (Å²) < 4.78 is 17.8. The van der Waals surface area contributed by atoms with Crippen LogP contribution in [-0.2, 0) is 20.7 Å². The highest BCUT2D eigenvalue weighted by Crippen LogP contribution is 2.37. The van der Waals surface area contributed by atoms with Crippen molar-refractivity contribution >= 4 is 28.8 Å². The maximum absolute atomic E-state index is 12.8. The maximum Gasteiger partial charge on any atom is 0.270 e. The highest BCUT2D eigenvalue weighted by molar-refractivity contribution is 5.93. The highest BCUT2D eigenvalue weighted by atomic mass is 16.6. The smallest absolute Gasteiger partial charge is 0.270 e. The molecule has 0 aliphatic carbocycles. The van der Waals surface area contributed by atoms with Crippen LogP contribution in [0.25, 0.3) is 11.2 Å². The predicted octanol–water partition coefficient (Wildman–Crippen LogP) is -3.43. The Bertz CT molecular complexity index is 1840. The second-order valence-corrected chi connectivity index (χ2v) is 12.3. The Hall–Kier alpha value is -5.00. The number of ether oxygens (including phenoxy) is 3. The van der Waals surface area contributed by atoms with E-state index in [9.17, 15) is 35.1 Å². The van der Waals surface area contributed by atoms with Crippen molar-refractivity contribution in [1.29, 1.82) is 0 Å². The molecule has 21 nitrogen and oxygen atoms in total. The van der Waals surface area contributed by atoms with Gasteiger partial charge in [-0.2, -0.15) is 5.10 Å². The van der Waals surface area contributed by atoms with Crippen molar-refractivity contribution in [2.75, 3.05) is 39.3 Å². The lowest BCUT2D eigenvalue weighted by molar-refractivity contribution is -0.124. The van der Waals surface area contributed by atoms with Crippen molar-refractivity contribution in [2.24, 2.45) is 11.5 Å². The fourth-order valence-corrected chi connectivity index (χ4v) is 5.88. The Morgan fingerprint density at radius 3 is 2.31 bits per heavy atom. The minimum atomic E-state index is -1.38. The molecule has 12 N–H and O–H groups in total. The van der Waals surface area contributed by atoms with Gasteiger partial charge >= 0.3 is 0 Å². The number of hydrogen-bond donors (Lipinski definition) is 10. The third-order valence-electron chi connectivity index (χ3n) is 8.68. The summed E-state index contributed by atoms with van der Waals surface area (Å²) in [5, 5.41) is 67.3. The van der Waals surface area contributed by atoms with Gasteiger partial charge in [0.15, 0.2) is 34.7 Å². The van der Waals surface area contributed by atoms with Gasteiger partial charge in [0.1, 0.15) is 54.4 Å². The number of benzene rings is 1. The highest BCUT2D eigenvalue weighted by Gasteiger charge is 2.47. The summed E-state index contributed by atoms with van der Waals surface area (Å²) in [6.07, 6.45) is -4.58. The zero-order valence-electron chi connectivity index (χ0n) is 28.3. The van der Waals surface area contributed by atoms with Gasteiger partial charge in [0.05, 0.1) is 38.7 Å². The second-order valence-electron chi connectivity index (χ2n) is 12.3. The standard InChI is InChI=1S/C22H29N7O5.C9H13N3O6/c1-28(2)19-17-20(25-10-24-19)29(11-26-17)22-18(31)16(15(9-30)34-22)27-21(32)14(23)8-12-4-6-13(33-3)7-5-12;10-9(17)4-6(15)3(11-12-4)8-7(16)5(14)2(1-13)18-8/h4-7,10-11,14-16,18,22,30-31H,8-9,23H2,1-3H3,(H,27,32);2,5,7-8,13-16H,1H2,(H2,10,17)(H,11,12)/t14-,15+,16+,18+,22+;2-,5-,7-,8+/m01/s1. The van der Waals surface area contributed by atoms with Crippen molar-refractivity contribution in [1.82, 2.24) is 35.0 Å². The summed E-state index contributed by atoms with van der Waals surface area (Å²) in [6.45, 7) is -0.903. The molecule has 0 radical (unpaired) electrons. The molecule has 2 amide bonds. The van der Waals surface area contributed by atoms with E-state index in [4.69, 9.17) is 30.8 Å². The fourth-order valence-electron chi connectivity index (χ4n) is 5.88. The van der Waals surface area contributed by atoms with Crippen LogP contribution in [0.5, 0.6) is 11.5 Å². The SMILES string of the molecule is COc1ccc(C[C@H](N)C(=O)N[C@H]2[C@@H](O)[C@H](n3cnc4c(N(C)C)ncnc43)O[C@@H]2CO)cc1.NC(=O)c1[nH]nc([C@@H]2O[C@H](CO)[C@@H](O)[C@H]2O)c1O. The second kappa shape index (κ2) is 16.1. The Morgan fingerprint density at radius 2 is 1.73 bits per heavy atom. The monoisotopic (exact) mass is 730 g/mol. The molecule has 3 aromatic heterocycles. The number of aliphatic hydroxyl groups excluding tert-OH is 5. The van der Waals surface area contributed by atoms with Crippen LogP contribution in [0.2, 0.25) is 0 Å². The molecule has 6 rings (SSSR count). The summed E-state index contributed by atoms with van der Waals surface area (Å²) in [5.41, 5.74) is 12.5. The first-order chi connectivity index (χ1) is 24.8. The number of aliphatic hydroxyl groups is 5. The molecule has 2 aliphatic rings. The number of rotatable bonds is 11. The number of anilines is 1. The molecule has 4 aromatic rings. The lowest BCUT2D eigenvalue weighted by atomic mass is 10.0. The average molecular weight is 731 g/mol. The number of aromatic amines is 1. The molecule has 1 aromatic carbocycles. The first kappa shape index (κ1) is 38.2. The number of carbonyl (C=O) groups excluding carboxylic acids is 2. The van der Waals surface area contributed by atoms with Gasteiger partial charge in [-0.25, -0.2) is 15.0 Å². The van der Waals surface area contributed by atoms with Gasteiger partial charge in [0, 0.05) is 14.1 Å². The summed E-state index contributed by atoms with van der Waals surface area (Å²) in [6, 6.07) is 5.52. The fraction of sp³-hybridized carbons (Fsp3) is 0.484. The molecule has 0 bridgehead atoms. The zero-order valence-corrected chi connectivity index (χ0v) is 28.3. The van der Waals surface area contributed by atoms with Crippen LogP contribution in [0.1, 0.15) is 34.1 Å². The number of methoxy groups -OCH3 is 1. The molecule has 0 spiro atoms. The first-order valence-electron chi connectivity index (χ1n) is 16.0. The van der Waals surface area contributed by atoms with E-state index in [-0.39, 0.29) is 11.4 Å². The van der Waals surface area contributed by atoms with Gasteiger partial charge in [-0.3, -0.25) is 19.3 Å². The van der Waals surface area contributed by atoms with Crippen LogP contribution >= 0.6 is 0 Å². The van der Waals surface area contributed by atoms with Crippen LogP contribution in [0.15, 0.2) is 36.9 Å². The normalized spacial score (nSPS) is 26.1. The van der Waals surface area contributed by atoms with E-state index >= 15 is 0 Å². The first-order valence-corrected chi connectivity index (χ1v) is 16.0. The van der Waals surface area contributed by atoms with Crippen LogP contribution in [0.3, 0.4) is 0 Å². The summed E-state index contributed by atoms with van der Waals surface area (Å²) in [7, 11) is 5.25. The summed E-state index contributed by atoms with van der Waals surface area (Å²) >= 11 is 0. The van der Waals surface area contributed by atoms with Crippen LogP contribution in [0.4, 0.5) is 5.82 Å². The van der Waals surface area contributed by atoms with Crippen molar-refractivity contribution in [3.63, 3.8) is 0 Å². The molecule has 52 heavy (non-hydrogen) atoms. The van der Waals surface area contributed by atoms with Crippen LogP contribution in [-0.4, -0.2) is 149 Å². The minimum Gasteiger partial charge on any atom is -0.504 e. The van der Waals surface area contributed by atoms with Crippen molar-refractivity contribution < 1.29 is 54.4 Å². The molecule has 21 heteroatoms. The lowest BCUT2D eigenvalue weighted by Gasteiger charge is -2.23. The lowest BCUT2D eigenvalue weighted by Crippen LogP contribution is -2.53. The Kier molecular flexibility index (Phi) is 11.9. The number of nitrogens with one attached hydrogen (secondary N) is 2. The number of H-pyrrole nitrogens is 1. The van der Waals surface area contributed by atoms with Gasteiger partial charge in [-0.1, -0.05) is 12.1 Å². The van der Waals surface area contributed by atoms with E-state index in [0.717, 1.165) is 5.56 Å². The zero-order chi connectivity index (χ0) is 37.9. The minimum absolute atomic E-state index is 0.147. The van der Waals surface area contributed by atoms with E-state index < -0.39 is 85.7 Å². The molecule has 5 heterocycles. The van der Waals surface area contributed by atoms with Crippen molar-refractivity contribution in [3.8, 4) is 11.5 Å².